The molecule has 52 valence electrons. The van der Waals surface area contributed by atoms with Crippen molar-refractivity contribution in [2.24, 2.45) is 0 Å². The Morgan fingerprint density at radius 1 is 1.70 bits per heavy atom. The highest BCUT2D eigenvalue weighted by atomic mass is 16.7. The van der Waals surface area contributed by atoms with Gasteiger partial charge in [0.25, 0.3) is 0 Å². The van der Waals surface area contributed by atoms with E-state index in [9.17, 15) is 10.1 Å². The zero-order valence-electron chi connectivity index (χ0n) is 4.89. The fourth-order valence-electron chi connectivity index (χ4n) is 0.455. The predicted octanol–water partition coefficient (Wildman–Crippen LogP) is 0.0802. The van der Waals surface area contributed by atoms with Crippen molar-refractivity contribution in [1.29, 1.82) is 0 Å². The minimum atomic E-state index is -0.690. The molecule has 1 aromatic rings. The fourth-order valence-corrected chi connectivity index (χ4v) is 0.455. The third-order valence-electron chi connectivity index (χ3n) is 0.778. The van der Waals surface area contributed by atoms with E-state index in [1.165, 1.54) is 12.3 Å². The van der Waals surface area contributed by atoms with Gasteiger partial charge >= 0.3 is 0 Å². The van der Waals surface area contributed by atoms with Crippen LogP contribution < -0.4 is 5.43 Å². The van der Waals surface area contributed by atoms with Crippen LogP contribution >= 0.6 is 0 Å². The zero-order chi connectivity index (χ0) is 7.40. The lowest BCUT2D eigenvalue weighted by molar-refractivity contribution is -0.445. The number of nitrogens with zero attached hydrogens (tertiary/aromatic N) is 3. The van der Waals surface area contributed by atoms with Crippen molar-refractivity contribution in [3.8, 4) is 0 Å². The van der Waals surface area contributed by atoms with E-state index in [-0.39, 0.29) is 5.82 Å². The Bertz CT molecular complexity index is 224. The summed E-state index contributed by atoms with van der Waals surface area (Å²) in [6.07, 6.45) is 1.44. The van der Waals surface area contributed by atoms with Gasteiger partial charge in [-0.25, -0.2) is 10.1 Å². The molecule has 0 aliphatic heterocycles. The van der Waals surface area contributed by atoms with E-state index in [1.807, 2.05) is 5.43 Å². The standard InChI is InChI=1S/C4H4N4O2/c9-8(10)7-4-2-1-3-5-6-4/h1-3H,(H,6,7). The van der Waals surface area contributed by atoms with Crippen LogP contribution in [0.15, 0.2) is 18.3 Å². The van der Waals surface area contributed by atoms with E-state index in [4.69, 9.17) is 0 Å². The van der Waals surface area contributed by atoms with Gasteiger partial charge in [0.2, 0.25) is 5.82 Å². The third kappa shape index (κ3) is 1.66. The molecule has 1 N–H and O–H groups in total. The summed E-state index contributed by atoms with van der Waals surface area (Å²) >= 11 is 0. The van der Waals surface area contributed by atoms with Crippen LogP contribution in [0.3, 0.4) is 0 Å². The summed E-state index contributed by atoms with van der Waals surface area (Å²) in [6, 6.07) is 3.01. The monoisotopic (exact) mass is 140 g/mol. The lowest BCUT2D eigenvalue weighted by atomic mass is 10.5. The van der Waals surface area contributed by atoms with Gasteiger partial charge in [-0.1, -0.05) is 5.43 Å². The molecular formula is C4H4N4O2. The first kappa shape index (κ1) is 6.40. The second-order valence-electron chi connectivity index (χ2n) is 1.48. The van der Waals surface area contributed by atoms with Gasteiger partial charge in [-0.3, -0.25) is 0 Å². The molecule has 0 aromatic carbocycles. The molecular weight excluding hydrogens is 136 g/mol. The molecule has 0 amide bonds. The predicted molar refractivity (Wildman–Crippen MR) is 32.6 cm³/mol. The number of hydrazine groups is 1. The van der Waals surface area contributed by atoms with E-state index >= 15 is 0 Å². The van der Waals surface area contributed by atoms with Crippen molar-refractivity contribution < 1.29 is 5.03 Å². The molecule has 0 spiro atoms. The number of nitrogens with one attached hydrogen (secondary N) is 1. The molecule has 0 saturated heterocycles. The minimum Gasteiger partial charge on any atom is -0.234 e. The number of hydrogen-bond donors (Lipinski definition) is 1. The molecule has 0 aliphatic carbocycles. The van der Waals surface area contributed by atoms with Crippen LogP contribution in [0.25, 0.3) is 0 Å². The molecule has 1 rings (SSSR count). The van der Waals surface area contributed by atoms with E-state index in [2.05, 4.69) is 10.2 Å². The topological polar surface area (TPSA) is 81.0 Å². The fraction of sp³-hybridized carbons (Fsp3) is 0. The minimum absolute atomic E-state index is 0.132. The van der Waals surface area contributed by atoms with Crippen LogP contribution in [0.4, 0.5) is 5.82 Å². The second-order valence-corrected chi connectivity index (χ2v) is 1.48. The Labute approximate surface area is 56.0 Å². The van der Waals surface area contributed by atoms with Crippen molar-refractivity contribution in [1.82, 2.24) is 10.2 Å². The first-order valence-corrected chi connectivity index (χ1v) is 2.48. The third-order valence-corrected chi connectivity index (χ3v) is 0.778. The van der Waals surface area contributed by atoms with Gasteiger partial charge < -0.3 is 0 Å². The summed E-state index contributed by atoms with van der Waals surface area (Å²) in [5, 5.41) is 15.9. The molecule has 1 heterocycles. The first-order chi connectivity index (χ1) is 4.79. The van der Waals surface area contributed by atoms with Crippen molar-refractivity contribution >= 4 is 5.82 Å². The van der Waals surface area contributed by atoms with Crippen LogP contribution in [0, 0.1) is 10.1 Å². The Morgan fingerprint density at radius 2 is 2.50 bits per heavy atom. The van der Waals surface area contributed by atoms with Crippen molar-refractivity contribution in [3.63, 3.8) is 0 Å². The summed E-state index contributed by atoms with van der Waals surface area (Å²) in [5.74, 6) is 0.132. The zero-order valence-corrected chi connectivity index (χ0v) is 4.89. The molecule has 1 aromatic heterocycles. The van der Waals surface area contributed by atoms with Gasteiger partial charge in [0.05, 0.1) is 0 Å². The van der Waals surface area contributed by atoms with Gasteiger partial charge in [-0.15, -0.1) is 5.10 Å². The number of nitro groups is 1. The maximum Gasteiger partial charge on any atom is 0.212 e. The highest BCUT2D eigenvalue weighted by Crippen LogP contribution is 1.95. The molecule has 0 unspecified atom stereocenters. The molecule has 0 radical (unpaired) electrons. The Balaban J connectivity index is 2.67. The summed E-state index contributed by atoms with van der Waals surface area (Å²) in [4.78, 5) is 9.80. The smallest absolute Gasteiger partial charge is 0.212 e. The number of hydrogen-bond acceptors (Lipinski definition) is 4. The second kappa shape index (κ2) is 2.72. The van der Waals surface area contributed by atoms with E-state index in [1.54, 1.807) is 6.07 Å². The van der Waals surface area contributed by atoms with Crippen molar-refractivity contribution in [2.45, 2.75) is 0 Å². The number of rotatable bonds is 2. The van der Waals surface area contributed by atoms with Gasteiger partial charge in [0, 0.05) is 6.20 Å². The molecule has 6 heteroatoms. The summed E-state index contributed by atoms with van der Waals surface area (Å²) in [7, 11) is 0. The first-order valence-electron chi connectivity index (χ1n) is 2.48. The maximum atomic E-state index is 9.80. The van der Waals surface area contributed by atoms with Crippen LogP contribution in [0.1, 0.15) is 0 Å². The Hall–Kier alpha value is -1.72. The van der Waals surface area contributed by atoms with Crippen LogP contribution in [-0.2, 0) is 0 Å². The molecule has 0 atom stereocenters. The molecule has 6 nitrogen and oxygen atoms in total. The SMILES string of the molecule is O=[N+]([O-])Nc1cccnn1. The largest absolute Gasteiger partial charge is 0.234 e. The van der Waals surface area contributed by atoms with Crippen LogP contribution in [0.2, 0.25) is 0 Å². The van der Waals surface area contributed by atoms with E-state index in [0.717, 1.165) is 0 Å². The Morgan fingerprint density at radius 3 is 3.00 bits per heavy atom. The average molecular weight is 140 g/mol. The molecule has 0 saturated carbocycles. The van der Waals surface area contributed by atoms with E-state index in [0.29, 0.717) is 0 Å². The summed E-state index contributed by atoms with van der Waals surface area (Å²) in [6.45, 7) is 0. The van der Waals surface area contributed by atoms with Gasteiger partial charge in [-0.2, -0.15) is 5.10 Å². The molecule has 0 bridgehead atoms. The van der Waals surface area contributed by atoms with Crippen LogP contribution in [0.5, 0.6) is 0 Å². The van der Waals surface area contributed by atoms with Gasteiger partial charge in [-0.05, 0) is 12.1 Å². The highest BCUT2D eigenvalue weighted by molar-refractivity contribution is 5.27. The number of aromatic nitrogens is 2. The molecule has 10 heavy (non-hydrogen) atoms. The number of anilines is 1. The molecule has 0 aliphatic rings. The summed E-state index contributed by atoms with van der Waals surface area (Å²) < 4.78 is 0. The maximum absolute atomic E-state index is 9.80. The Kier molecular flexibility index (Phi) is 1.74. The van der Waals surface area contributed by atoms with E-state index < -0.39 is 5.03 Å². The average Bonchev–Trinajstić information content (AvgIpc) is 1.88. The van der Waals surface area contributed by atoms with Gasteiger partial charge in [0.15, 0.2) is 5.03 Å². The quantitative estimate of drug-likeness (QED) is 0.464. The lowest BCUT2D eigenvalue weighted by Crippen LogP contribution is -2.09. The normalized spacial score (nSPS) is 8.80. The van der Waals surface area contributed by atoms with Crippen molar-refractivity contribution in [2.75, 3.05) is 5.43 Å². The summed E-state index contributed by atoms with van der Waals surface area (Å²) in [5.41, 5.74) is 1.85. The van der Waals surface area contributed by atoms with Crippen LogP contribution in [-0.4, -0.2) is 15.2 Å². The molecule has 0 fully saturated rings. The lowest BCUT2D eigenvalue weighted by Gasteiger charge is -1.90. The van der Waals surface area contributed by atoms with Crippen molar-refractivity contribution in [3.05, 3.63) is 28.4 Å². The highest BCUT2D eigenvalue weighted by Gasteiger charge is 1.96. The van der Waals surface area contributed by atoms with Gasteiger partial charge in [0.1, 0.15) is 0 Å².